The highest BCUT2D eigenvalue weighted by Gasteiger charge is 2.31. The predicted octanol–water partition coefficient (Wildman–Crippen LogP) is 3.59. The number of hydrogen-bond acceptors (Lipinski definition) is 3. The number of halogens is 2. The normalized spacial score (nSPS) is 12.3. The highest BCUT2D eigenvalue weighted by atomic mass is 19.2. The molecule has 0 bridgehead atoms. The van der Waals surface area contributed by atoms with Crippen LogP contribution in [0.2, 0.25) is 0 Å². The quantitative estimate of drug-likeness (QED) is 0.344. The zero-order valence-corrected chi connectivity index (χ0v) is 13.8. The van der Waals surface area contributed by atoms with E-state index in [1.807, 2.05) is 20.8 Å². The van der Waals surface area contributed by atoms with Gasteiger partial charge in [0.25, 0.3) is 5.91 Å². The highest BCUT2D eigenvalue weighted by Crippen LogP contribution is 2.23. The molecule has 4 nitrogen and oxygen atoms in total. The Balaban J connectivity index is 3.02. The number of Topliss-reactive ketones (excluding diaryl/α,β-unsaturated/α-hetero) is 1. The Kier molecular flexibility index (Phi) is 7.29. The first-order chi connectivity index (χ1) is 10.8. The van der Waals surface area contributed by atoms with Crippen LogP contribution in [-0.4, -0.2) is 11.7 Å². The number of carbonyl (C=O) groups is 2. The van der Waals surface area contributed by atoms with Gasteiger partial charge in [0.05, 0.1) is 11.6 Å². The minimum absolute atomic E-state index is 0.108. The topological polar surface area (TPSA) is 63.4 Å². The zero-order valence-electron chi connectivity index (χ0n) is 13.8. The van der Waals surface area contributed by atoms with Gasteiger partial charge in [-0.2, -0.15) is 0 Å². The first-order valence-electron chi connectivity index (χ1n) is 7.84. The van der Waals surface area contributed by atoms with Crippen LogP contribution in [0.5, 0.6) is 0 Å². The summed E-state index contributed by atoms with van der Waals surface area (Å²) in [4.78, 5) is 24.8. The van der Waals surface area contributed by atoms with Crippen molar-refractivity contribution in [1.82, 2.24) is 0 Å². The number of nitrogens with two attached hydrogens (primary N) is 1. The number of anilines is 1. The second-order valence-electron chi connectivity index (χ2n) is 6.04. The first kappa shape index (κ1) is 19.2. The molecule has 0 aliphatic rings. The third kappa shape index (κ3) is 5.10. The van der Waals surface area contributed by atoms with Gasteiger partial charge in [-0.1, -0.05) is 39.7 Å². The van der Waals surface area contributed by atoms with Crippen LogP contribution < -0.4 is 10.9 Å². The Morgan fingerprint density at radius 3 is 2.48 bits per heavy atom. The molecule has 0 unspecified atom stereocenters. The second-order valence-corrected chi connectivity index (χ2v) is 6.04. The molecule has 0 aliphatic carbocycles. The van der Waals surface area contributed by atoms with E-state index in [0.29, 0.717) is 17.9 Å². The van der Waals surface area contributed by atoms with Gasteiger partial charge in [0.1, 0.15) is 5.78 Å². The third-order valence-electron chi connectivity index (χ3n) is 3.57. The molecule has 0 saturated carbocycles. The van der Waals surface area contributed by atoms with E-state index < -0.39 is 23.5 Å². The number of hydrogen-bond donors (Lipinski definition) is 1. The van der Waals surface area contributed by atoms with Gasteiger partial charge in [-0.3, -0.25) is 9.59 Å². The lowest BCUT2D eigenvalue weighted by Gasteiger charge is -2.23. The van der Waals surface area contributed by atoms with Crippen molar-refractivity contribution in [1.29, 1.82) is 0 Å². The summed E-state index contributed by atoms with van der Waals surface area (Å²) in [6.45, 7) is 5.71. The lowest BCUT2D eigenvalue weighted by molar-refractivity contribution is -0.133. The molecule has 0 spiro atoms. The van der Waals surface area contributed by atoms with Gasteiger partial charge in [-0.15, -0.1) is 0 Å². The molecule has 0 aromatic heterocycles. The van der Waals surface area contributed by atoms with Crippen molar-refractivity contribution in [3.05, 3.63) is 29.8 Å². The number of rotatable bonds is 8. The van der Waals surface area contributed by atoms with Crippen LogP contribution in [0.1, 0.15) is 46.5 Å². The molecule has 1 atom stereocenters. The molecule has 1 rings (SSSR count). The predicted molar refractivity (Wildman–Crippen MR) is 85.5 cm³/mol. The second kappa shape index (κ2) is 8.72. The largest absolute Gasteiger partial charge is 0.299 e. The smallest absolute Gasteiger partial charge is 0.251 e. The number of unbranched alkanes of at least 4 members (excludes halogenated alkanes) is 1. The van der Waals surface area contributed by atoms with E-state index in [0.717, 1.165) is 12.5 Å². The Morgan fingerprint density at radius 2 is 1.91 bits per heavy atom. The molecular weight excluding hydrogens is 302 g/mol. The van der Waals surface area contributed by atoms with Crippen LogP contribution in [0.25, 0.3) is 0 Å². The monoisotopic (exact) mass is 326 g/mol. The fourth-order valence-corrected chi connectivity index (χ4v) is 2.34. The molecule has 0 saturated heterocycles. The summed E-state index contributed by atoms with van der Waals surface area (Å²) < 4.78 is 27.1. The molecule has 1 amide bonds. The summed E-state index contributed by atoms with van der Waals surface area (Å²) in [5, 5.41) is 0.553. The van der Waals surface area contributed by atoms with Crippen molar-refractivity contribution in [3.8, 4) is 0 Å². The van der Waals surface area contributed by atoms with Gasteiger partial charge in [-0.05, 0) is 24.5 Å². The van der Waals surface area contributed by atoms with Gasteiger partial charge in [0.2, 0.25) is 0 Å². The minimum Gasteiger partial charge on any atom is -0.299 e. The molecule has 6 heteroatoms. The number of carbonyl (C=O) groups excluding carboxylic acids is 2. The van der Waals surface area contributed by atoms with E-state index in [1.54, 1.807) is 0 Å². The molecule has 1 aromatic carbocycles. The van der Waals surface area contributed by atoms with Crippen molar-refractivity contribution in [2.45, 2.75) is 46.5 Å². The van der Waals surface area contributed by atoms with Gasteiger partial charge >= 0.3 is 0 Å². The van der Waals surface area contributed by atoms with Crippen molar-refractivity contribution in [2.24, 2.45) is 17.7 Å². The third-order valence-corrected chi connectivity index (χ3v) is 3.57. The van der Waals surface area contributed by atoms with Crippen molar-refractivity contribution >= 4 is 17.4 Å². The number of benzene rings is 1. The maximum absolute atomic E-state index is 13.8. The average Bonchev–Trinajstić information content (AvgIpc) is 2.48. The number of nitrogens with zero attached hydrogens (tertiary/aromatic N) is 1. The van der Waals surface area contributed by atoms with Crippen molar-refractivity contribution < 1.29 is 18.4 Å². The van der Waals surface area contributed by atoms with E-state index in [1.165, 1.54) is 12.1 Å². The molecule has 2 N–H and O–H groups in total. The molecular formula is C17H24F2N2O2. The van der Waals surface area contributed by atoms with Gasteiger partial charge in [0.15, 0.2) is 11.6 Å². The minimum atomic E-state index is -1.20. The molecule has 23 heavy (non-hydrogen) atoms. The SMILES string of the molecule is CCCC[C@H](C(=O)CC(C)C)C(=O)N(N)c1cccc(F)c1F. The number of ketones is 1. The van der Waals surface area contributed by atoms with Gasteiger partial charge < -0.3 is 0 Å². The van der Waals surface area contributed by atoms with Crippen LogP contribution in [0.15, 0.2) is 18.2 Å². The Labute approximate surface area is 135 Å². The van der Waals surface area contributed by atoms with Crippen LogP contribution in [0, 0.1) is 23.5 Å². The van der Waals surface area contributed by atoms with Crippen LogP contribution in [0.3, 0.4) is 0 Å². The van der Waals surface area contributed by atoms with Crippen molar-refractivity contribution in [3.63, 3.8) is 0 Å². The molecule has 128 valence electrons. The summed E-state index contributed by atoms with van der Waals surface area (Å²) in [6.07, 6.45) is 2.10. The Bertz CT molecular complexity index is 562. The average molecular weight is 326 g/mol. The highest BCUT2D eigenvalue weighted by molar-refractivity contribution is 6.07. The van der Waals surface area contributed by atoms with E-state index in [2.05, 4.69) is 0 Å². The Hall–Kier alpha value is -1.82. The van der Waals surface area contributed by atoms with Crippen LogP contribution in [0.4, 0.5) is 14.5 Å². The molecule has 0 aliphatic heterocycles. The fourth-order valence-electron chi connectivity index (χ4n) is 2.34. The standard InChI is InChI=1S/C17H24F2N2O2/c1-4-5-7-12(15(22)10-11(2)3)17(23)21(20)14-9-6-8-13(18)16(14)19/h6,8-9,11-12H,4-5,7,10,20H2,1-3H3/t12-/m1/s1. The molecule has 0 radical (unpaired) electrons. The van der Waals surface area contributed by atoms with Crippen molar-refractivity contribution in [2.75, 3.05) is 5.01 Å². The molecule has 0 fully saturated rings. The lowest BCUT2D eigenvalue weighted by Crippen LogP contribution is -2.45. The summed E-state index contributed by atoms with van der Waals surface area (Å²) in [5.41, 5.74) is -0.367. The molecule has 0 heterocycles. The van der Waals surface area contributed by atoms with E-state index in [-0.39, 0.29) is 23.8 Å². The lowest BCUT2D eigenvalue weighted by atomic mass is 9.91. The van der Waals surface area contributed by atoms with Crippen LogP contribution >= 0.6 is 0 Å². The molecule has 1 aromatic rings. The fraction of sp³-hybridized carbons (Fsp3) is 0.529. The summed E-state index contributed by atoms with van der Waals surface area (Å²) in [6, 6.07) is 3.41. The van der Waals surface area contributed by atoms with E-state index in [4.69, 9.17) is 5.84 Å². The number of amides is 1. The summed E-state index contributed by atoms with van der Waals surface area (Å²) in [5.74, 6) is 1.65. The van der Waals surface area contributed by atoms with Crippen LogP contribution in [-0.2, 0) is 9.59 Å². The van der Waals surface area contributed by atoms with Gasteiger partial charge in [0, 0.05) is 6.42 Å². The van der Waals surface area contributed by atoms with E-state index >= 15 is 0 Å². The Morgan fingerprint density at radius 1 is 1.26 bits per heavy atom. The maximum atomic E-state index is 13.8. The summed E-state index contributed by atoms with van der Waals surface area (Å²) in [7, 11) is 0. The first-order valence-corrected chi connectivity index (χ1v) is 7.84. The maximum Gasteiger partial charge on any atom is 0.251 e. The van der Waals surface area contributed by atoms with Gasteiger partial charge in [-0.25, -0.2) is 19.6 Å². The number of hydrazine groups is 1. The summed E-state index contributed by atoms with van der Waals surface area (Å²) >= 11 is 0. The zero-order chi connectivity index (χ0) is 17.6. The van der Waals surface area contributed by atoms with E-state index in [9.17, 15) is 18.4 Å².